The Morgan fingerprint density at radius 1 is 0.960 bits per heavy atom. The van der Waals surface area contributed by atoms with Crippen LogP contribution in [0.4, 0.5) is 11.8 Å². The molecule has 1 aromatic carbocycles. The van der Waals surface area contributed by atoms with Crippen LogP contribution in [0.5, 0.6) is 5.75 Å². The predicted octanol–water partition coefficient (Wildman–Crippen LogP) is 3.41. The maximum atomic E-state index is 5.17. The molecule has 0 fully saturated rings. The zero-order valence-electron chi connectivity index (χ0n) is 14.4. The highest BCUT2D eigenvalue weighted by atomic mass is 16.5. The average molecular weight is 335 g/mol. The van der Waals surface area contributed by atoms with E-state index in [2.05, 4.69) is 25.6 Å². The summed E-state index contributed by atoms with van der Waals surface area (Å²) in [7, 11) is 1.66. The lowest BCUT2D eigenvalue weighted by Gasteiger charge is -2.10. The van der Waals surface area contributed by atoms with Crippen molar-refractivity contribution < 1.29 is 4.74 Å². The van der Waals surface area contributed by atoms with Crippen molar-refractivity contribution in [1.29, 1.82) is 0 Å². The minimum Gasteiger partial charge on any atom is -0.497 e. The Bertz CT molecular complexity index is 806. The molecule has 6 heteroatoms. The Hall–Kier alpha value is -3.15. The molecule has 0 aliphatic rings. The fraction of sp³-hybridized carbons (Fsp3) is 0.211. The number of benzene rings is 1. The first-order chi connectivity index (χ1) is 12.2. The molecule has 128 valence electrons. The van der Waals surface area contributed by atoms with E-state index in [1.54, 1.807) is 13.3 Å². The molecule has 0 aliphatic heterocycles. The molecule has 25 heavy (non-hydrogen) atoms. The highest BCUT2D eigenvalue weighted by molar-refractivity contribution is 5.43. The van der Waals surface area contributed by atoms with Gasteiger partial charge in [-0.1, -0.05) is 18.2 Å². The second-order valence-electron chi connectivity index (χ2n) is 5.59. The summed E-state index contributed by atoms with van der Waals surface area (Å²) in [6.45, 7) is 3.22. The Morgan fingerprint density at radius 2 is 1.80 bits per heavy atom. The van der Waals surface area contributed by atoms with Gasteiger partial charge in [-0.3, -0.25) is 4.98 Å². The van der Waals surface area contributed by atoms with Crippen LogP contribution in [0.3, 0.4) is 0 Å². The molecule has 2 heterocycles. The second kappa shape index (κ2) is 8.10. The number of nitrogens with one attached hydrogen (secondary N) is 2. The molecular formula is C19H21N5O. The smallest absolute Gasteiger partial charge is 0.225 e. The van der Waals surface area contributed by atoms with Gasteiger partial charge in [0.2, 0.25) is 5.95 Å². The quantitative estimate of drug-likeness (QED) is 0.689. The van der Waals surface area contributed by atoms with Gasteiger partial charge in [0.15, 0.2) is 0 Å². The second-order valence-corrected chi connectivity index (χ2v) is 5.59. The summed E-state index contributed by atoms with van der Waals surface area (Å²) in [5.41, 5.74) is 3.00. The number of hydrogen-bond donors (Lipinski definition) is 2. The van der Waals surface area contributed by atoms with E-state index in [-0.39, 0.29) is 0 Å². The van der Waals surface area contributed by atoms with Crippen molar-refractivity contribution in [2.45, 2.75) is 20.0 Å². The van der Waals surface area contributed by atoms with Crippen molar-refractivity contribution in [2.75, 3.05) is 17.7 Å². The molecule has 0 atom stereocenters. The van der Waals surface area contributed by atoms with Crippen LogP contribution in [-0.4, -0.2) is 22.1 Å². The van der Waals surface area contributed by atoms with Gasteiger partial charge in [-0.15, -0.1) is 0 Å². The predicted molar refractivity (Wildman–Crippen MR) is 98.7 cm³/mol. The summed E-state index contributed by atoms with van der Waals surface area (Å²) in [5, 5.41) is 6.54. The Balaban J connectivity index is 1.62. The number of aryl methyl sites for hydroxylation is 1. The molecule has 0 aliphatic carbocycles. The molecular weight excluding hydrogens is 314 g/mol. The van der Waals surface area contributed by atoms with Gasteiger partial charge in [0.1, 0.15) is 11.6 Å². The third-order valence-electron chi connectivity index (χ3n) is 3.64. The largest absolute Gasteiger partial charge is 0.497 e. The lowest BCUT2D eigenvalue weighted by molar-refractivity contribution is 0.414. The van der Waals surface area contributed by atoms with Gasteiger partial charge in [0, 0.05) is 24.5 Å². The van der Waals surface area contributed by atoms with Crippen LogP contribution in [0.25, 0.3) is 0 Å². The van der Waals surface area contributed by atoms with Crippen molar-refractivity contribution in [3.05, 3.63) is 71.7 Å². The number of hydrogen-bond acceptors (Lipinski definition) is 6. The number of pyridine rings is 1. The van der Waals surface area contributed by atoms with Crippen LogP contribution >= 0.6 is 0 Å². The summed E-state index contributed by atoms with van der Waals surface area (Å²) in [6, 6.07) is 15.7. The van der Waals surface area contributed by atoms with E-state index in [9.17, 15) is 0 Å². The molecule has 2 aromatic heterocycles. The first-order valence-electron chi connectivity index (χ1n) is 8.09. The lowest BCUT2D eigenvalue weighted by Crippen LogP contribution is -2.08. The average Bonchev–Trinajstić information content (AvgIpc) is 2.66. The third-order valence-corrected chi connectivity index (χ3v) is 3.64. The molecule has 2 N–H and O–H groups in total. The van der Waals surface area contributed by atoms with Gasteiger partial charge in [-0.2, -0.15) is 4.98 Å². The molecule has 0 saturated heterocycles. The van der Waals surface area contributed by atoms with E-state index >= 15 is 0 Å². The van der Waals surface area contributed by atoms with Gasteiger partial charge in [0.05, 0.1) is 19.3 Å². The molecule has 3 rings (SSSR count). The van der Waals surface area contributed by atoms with Gasteiger partial charge < -0.3 is 15.4 Å². The van der Waals surface area contributed by atoms with Crippen molar-refractivity contribution >= 4 is 11.8 Å². The van der Waals surface area contributed by atoms with E-state index in [1.165, 1.54) is 0 Å². The van der Waals surface area contributed by atoms with Gasteiger partial charge in [-0.05, 0) is 36.8 Å². The minimum absolute atomic E-state index is 0.586. The molecule has 0 saturated carbocycles. The Morgan fingerprint density at radius 3 is 2.52 bits per heavy atom. The topological polar surface area (TPSA) is 72.0 Å². The van der Waals surface area contributed by atoms with Crippen LogP contribution in [0.1, 0.15) is 17.0 Å². The highest BCUT2D eigenvalue weighted by Gasteiger charge is 2.03. The number of methoxy groups -OCH3 is 1. The molecule has 0 amide bonds. The molecule has 6 nitrogen and oxygen atoms in total. The monoisotopic (exact) mass is 335 g/mol. The molecule has 0 bridgehead atoms. The SMILES string of the molecule is COc1ccc(CNc2cc(C)nc(NCc3ccccn3)n2)cc1. The number of nitrogens with zero attached hydrogens (tertiary/aromatic N) is 3. The summed E-state index contributed by atoms with van der Waals surface area (Å²) in [4.78, 5) is 13.2. The standard InChI is InChI=1S/C19H21N5O/c1-14-11-18(21-12-15-6-8-17(25-2)9-7-15)24-19(23-14)22-13-16-5-3-4-10-20-16/h3-11H,12-13H2,1-2H3,(H2,21,22,23,24). The Kier molecular flexibility index (Phi) is 5.41. The first-order valence-corrected chi connectivity index (χ1v) is 8.09. The third kappa shape index (κ3) is 4.91. The summed E-state index contributed by atoms with van der Waals surface area (Å²) in [6.07, 6.45) is 1.77. The van der Waals surface area contributed by atoms with E-state index in [1.807, 2.05) is 55.5 Å². The lowest BCUT2D eigenvalue weighted by atomic mass is 10.2. The molecule has 0 unspecified atom stereocenters. The van der Waals surface area contributed by atoms with Crippen LogP contribution < -0.4 is 15.4 Å². The highest BCUT2D eigenvalue weighted by Crippen LogP contribution is 2.14. The van der Waals surface area contributed by atoms with Crippen molar-refractivity contribution in [1.82, 2.24) is 15.0 Å². The van der Waals surface area contributed by atoms with Crippen molar-refractivity contribution in [3.8, 4) is 5.75 Å². The molecule has 0 spiro atoms. The van der Waals surface area contributed by atoms with Crippen LogP contribution in [0.2, 0.25) is 0 Å². The van der Waals surface area contributed by atoms with Gasteiger partial charge in [0.25, 0.3) is 0 Å². The first kappa shape index (κ1) is 16.7. The van der Waals surface area contributed by atoms with Gasteiger partial charge >= 0.3 is 0 Å². The number of ether oxygens (including phenoxy) is 1. The summed E-state index contributed by atoms with van der Waals surface area (Å²) >= 11 is 0. The number of rotatable bonds is 7. The normalized spacial score (nSPS) is 10.3. The maximum absolute atomic E-state index is 5.17. The molecule has 0 radical (unpaired) electrons. The van der Waals surface area contributed by atoms with E-state index in [0.717, 1.165) is 28.5 Å². The van der Waals surface area contributed by atoms with Gasteiger partial charge in [-0.25, -0.2) is 4.98 Å². The summed E-state index contributed by atoms with van der Waals surface area (Å²) in [5.74, 6) is 2.22. The zero-order chi connectivity index (χ0) is 17.5. The maximum Gasteiger partial charge on any atom is 0.225 e. The van der Waals surface area contributed by atoms with Crippen LogP contribution in [0.15, 0.2) is 54.7 Å². The number of anilines is 2. The van der Waals surface area contributed by atoms with E-state index in [4.69, 9.17) is 4.74 Å². The minimum atomic E-state index is 0.586. The van der Waals surface area contributed by atoms with E-state index < -0.39 is 0 Å². The van der Waals surface area contributed by atoms with Crippen LogP contribution in [-0.2, 0) is 13.1 Å². The zero-order valence-corrected chi connectivity index (χ0v) is 14.4. The molecule has 3 aromatic rings. The van der Waals surface area contributed by atoms with Crippen molar-refractivity contribution in [3.63, 3.8) is 0 Å². The summed E-state index contributed by atoms with van der Waals surface area (Å²) < 4.78 is 5.17. The van der Waals surface area contributed by atoms with E-state index in [0.29, 0.717) is 19.0 Å². The van der Waals surface area contributed by atoms with Crippen molar-refractivity contribution in [2.24, 2.45) is 0 Å². The van der Waals surface area contributed by atoms with Crippen LogP contribution in [0, 0.1) is 6.92 Å². The number of aromatic nitrogens is 3. The Labute approximate surface area is 147 Å². The fourth-order valence-electron chi connectivity index (χ4n) is 2.35. The fourth-order valence-corrected chi connectivity index (χ4v) is 2.35.